The number of carbonyl (C=O) groups is 3. The van der Waals surface area contributed by atoms with Crippen LogP contribution in [-0.4, -0.2) is 98.8 Å². The van der Waals surface area contributed by atoms with E-state index in [-0.39, 0.29) is 17.7 Å². The van der Waals surface area contributed by atoms with Gasteiger partial charge in [0.05, 0.1) is 12.1 Å². The summed E-state index contributed by atoms with van der Waals surface area (Å²) in [4.78, 5) is 46.0. The van der Waals surface area contributed by atoms with Crippen molar-refractivity contribution in [3.8, 4) is 16.9 Å². The Kier molecular flexibility index (Phi) is 7.85. The molecule has 11 heteroatoms. The predicted octanol–water partition coefficient (Wildman–Crippen LogP) is 4.22. The highest BCUT2D eigenvalue weighted by Crippen LogP contribution is 2.43. The van der Waals surface area contributed by atoms with Crippen LogP contribution in [0.15, 0.2) is 60.9 Å². The van der Waals surface area contributed by atoms with Crippen LogP contribution < -0.4 is 9.64 Å². The zero-order valence-electron chi connectivity index (χ0n) is 25.4. The molecule has 11 nitrogen and oxygen atoms in total. The summed E-state index contributed by atoms with van der Waals surface area (Å²) in [6, 6.07) is 16.6. The molecule has 3 aromatic rings. The molecule has 4 fully saturated rings. The Morgan fingerprint density at radius 2 is 1.71 bits per heavy atom. The first-order valence-corrected chi connectivity index (χ1v) is 16.1. The molecule has 1 aromatic heterocycles. The molecule has 4 aliphatic rings. The van der Waals surface area contributed by atoms with Gasteiger partial charge < -0.3 is 29.4 Å². The van der Waals surface area contributed by atoms with Gasteiger partial charge in [0, 0.05) is 88.2 Å². The molecular formula is C34H40N6O5. The van der Waals surface area contributed by atoms with Gasteiger partial charge in [-0.25, -0.2) is 4.79 Å². The van der Waals surface area contributed by atoms with E-state index in [9.17, 15) is 19.5 Å². The fourth-order valence-electron chi connectivity index (χ4n) is 6.66. The lowest BCUT2D eigenvalue weighted by Crippen LogP contribution is -2.54. The molecule has 3 amide bonds. The van der Waals surface area contributed by atoms with Gasteiger partial charge in [-0.1, -0.05) is 30.3 Å². The monoisotopic (exact) mass is 612 g/mol. The number of ether oxygens (including phenoxy) is 1. The molecule has 2 aliphatic carbocycles. The number of piperidine rings is 1. The molecule has 45 heavy (non-hydrogen) atoms. The summed E-state index contributed by atoms with van der Waals surface area (Å²) in [6.45, 7) is 3.54. The zero-order valence-corrected chi connectivity index (χ0v) is 25.4. The van der Waals surface area contributed by atoms with Crippen LogP contribution in [0.4, 0.5) is 10.5 Å². The number of aromatic nitrogens is 2. The number of nitrogens with one attached hydrogen (secondary N) is 1. The molecule has 2 aliphatic heterocycles. The van der Waals surface area contributed by atoms with E-state index in [0.717, 1.165) is 54.6 Å². The van der Waals surface area contributed by atoms with Gasteiger partial charge in [0.2, 0.25) is 5.91 Å². The maximum atomic E-state index is 13.9. The molecule has 2 aromatic carbocycles. The first kappa shape index (κ1) is 29.2. The minimum absolute atomic E-state index is 0.0575. The van der Waals surface area contributed by atoms with Gasteiger partial charge in [-0.15, -0.1) is 0 Å². The number of hydrogen-bond donors (Lipinski definition) is 2. The normalized spacial score (nSPS) is 20.9. The van der Waals surface area contributed by atoms with Crippen molar-refractivity contribution in [3.05, 3.63) is 66.5 Å². The van der Waals surface area contributed by atoms with E-state index in [1.807, 2.05) is 36.7 Å². The van der Waals surface area contributed by atoms with Crippen LogP contribution in [0, 0.1) is 5.92 Å². The molecule has 0 spiro atoms. The molecule has 2 saturated heterocycles. The highest BCUT2D eigenvalue weighted by atomic mass is 16.5. The topological polar surface area (TPSA) is 122 Å². The fraction of sp³-hybridized carbons (Fsp3) is 0.471. The quantitative estimate of drug-likeness (QED) is 0.371. The Morgan fingerprint density at radius 1 is 0.956 bits per heavy atom. The number of anilines is 1. The van der Waals surface area contributed by atoms with Crippen LogP contribution in [0.1, 0.15) is 44.1 Å². The number of hydrogen-bond acceptors (Lipinski definition) is 6. The summed E-state index contributed by atoms with van der Waals surface area (Å²) in [5.74, 6) is 0.751. The van der Waals surface area contributed by atoms with Gasteiger partial charge in [0.25, 0.3) is 5.91 Å². The highest BCUT2D eigenvalue weighted by molar-refractivity contribution is 5.89. The third kappa shape index (κ3) is 6.34. The molecule has 236 valence electrons. The van der Waals surface area contributed by atoms with Crippen LogP contribution in [0.2, 0.25) is 0 Å². The SMILES string of the molecule is O=C(O)N1CCN(C(=O)C2(Oc3cccc(N4CCC[C@@H](C(=O)N(Cc5ccc(-c6cn[nH]c6)cc5)C5CC5)C4)c3)CC2)CC1. The third-order valence-electron chi connectivity index (χ3n) is 9.61. The van der Waals surface area contributed by atoms with Crippen molar-refractivity contribution >= 4 is 23.6 Å². The van der Waals surface area contributed by atoms with Crippen molar-refractivity contribution in [3.63, 3.8) is 0 Å². The summed E-state index contributed by atoms with van der Waals surface area (Å²) >= 11 is 0. The number of aromatic amines is 1. The Bertz CT molecular complexity index is 1530. The number of rotatable bonds is 9. The van der Waals surface area contributed by atoms with Crippen molar-refractivity contribution in [2.24, 2.45) is 5.92 Å². The fourth-order valence-corrected chi connectivity index (χ4v) is 6.66. The number of benzene rings is 2. The summed E-state index contributed by atoms with van der Waals surface area (Å²) in [7, 11) is 0. The number of nitrogens with zero attached hydrogens (tertiary/aromatic N) is 5. The number of amides is 3. The molecule has 2 saturated carbocycles. The second kappa shape index (κ2) is 12.1. The van der Waals surface area contributed by atoms with Gasteiger partial charge in [-0.05, 0) is 48.9 Å². The lowest BCUT2D eigenvalue weighted by Gasteiger charge is -2.37. The van der Waals surface area contributed by atoms with Gasteiger partial charge in [0.15, 0.2) is 5.60 Å². The lowest BCUT2D eigenvalue weighted by molar-refractivity contribution is -0.142. The first-order chi connectivity index (χ1) is 21.9. The standard InChI is InChI=1S/C34H40N6O5/c41-31(40(28-10-11-28)22-24-6-8-25(9-7-24)27-20-35-36-21-27)26-3-2-14-39(23-26)29-4-1-5-30(19-29)45-34(12-13-34)32(42)37-15-17-38(18-16-37)33(43)44/h1,4-9,19-21,26,28H,2-3,10-18,22-23H2,(H,35,36)(H,43,44)/t26-/m1/s1. The van der Waals surface area contributed by atoms with Crippen molar-refractivity contribution < 1.29 is 24.2 Å². The van der Waals surface area contributed by atoms with Crippen LogP contribution in [0.3, 0.4) is 0 Å². The molecular weight excluding hydrogens is 572 g/mol. The van der Waals surface area contributed by atoms with Gasteiger partial charge in [0.1, 0.15) is 5.75 Å². The number of piperazine rings is 1. The maximum Gasteiger partial charge on any atom is 0.407 e. The number of carbonyl (C=O) groups excluding carboxylic acids is 2. The van der Waals surface area contributed by atoms with Crippen molar-refractivity contribution in [1.29, 1.82) is 0 Å². The van der Waals surface area contributed by atoms with E-state index in [1.165, 1.54) is 4.90 Å². The number of H-pyrrole nitrogens is 1. The molecule has 7 rings (SSSR count). The Balaban J connectivity index is 0.984. The molecule has 1 atom stereocenters. The van der Waals surface area contributed by atoms with Crippen LogP contribution in [-0.2, 0) is 16.1 Å². The van der Waals surface area contributed by atoms with Crippen LogP contribution in [0.25, 0.3) is 11.1 Å². The molecule has 0 unspecified atom stereocenters. The maximum absolute atomic E-state index is 13.9. The average Bonchev–Trinajstić information content (AvgIpc) is 4.01. The summed E-state index contributed by atoms with van der Waals surface area (Å²) in [5.41, 5.74) is 3.40. The first-order valence-electron chi connectivity index (χ1n) is 16.1. The zero-order chi connectivity index (χ0) is 31.0. The van der Waals surface area contributed by atoms with E-state index >= 15 is 0 Å². The van der Waals surface area contributed by atoms with E-state index in [2.05, 4.69) is 44.3 Å². The third-order valence-corrected chi connectivity index (χ3v) is 9.61. The minimum Gasteiger partial charge on any atom is -0.477 e. The number of carboxylic acid groups (broad SMARTS) is 1. The molecule has 0 radical (unpaired) electrons. The average molecular weight is 613 g/mol. The Morgan fingerprint density at radius 3 is 2.38 bits per heavy atom. The van der Waals surface area contributed by atoms with Gasteiger partial charge in [-0.3, -0.25) is 14.7 Å². The highest BCUT2D eigenvalue weighted by Gasteiger charge is 2.55. The van der Waals surface area contributed by atoms with Crippen molar-refractivity contribution in [2.75, 3.05) is 44.2 Å². The molecule has 0 bridgehead atoms. The van der Waals surface area contributed by atoms with Gasteiger partial charge >= 0.3 is 6.09 Å². The molecule has 2 N–H and O–H groups in total. The Labute approximate surface area is 262 Å². The largest absolute Gasteiger partial charge is 0.477 e. The van der Waals surface area contributed by atoms with Crippen molar-refractivity contribution in [1.82, 2.24) is 24.9 Å². The summed E-state index contributed by atoms with van der Waals surface area (Å²) in [6.07, 6.45) is 7.97. The minimum atomic E-state index is -0.949. The van der Waals surface area contributed by atoms with E-state index in [4.69, 9.17) is 4.74 Å². The predicted molar refractivity (Wildman–Crippen MR) is 168 cm³/mol. The Hall–Kier alpha value is -4.54. The second-order valence-electron chi connectivity index (χ2n) is 12.8. The smallest absolute Gasteiger partial charge is 0.407 e. The summed E-state index contributed by atoms with van der Waals surface area (Å²) in [5, 5.41) is 16.1. The van der Waals surface area contributed by atoms with E-state index in [0.29, 0.717) is 63.9 Å². The van der Waals surface area contributed by atoms with Crippen LogP contribution in [0.5, 0.6) is 5.75 Å². The second-order valence-corrected chi connectivity index (χ2v) is 12.8. The van der Waals surface area contributed by atoms with E-state index in [1.54, 1.807) is 4.90 Å². The lowest BCUT2D eigenvalue weighted by atomic mass is 9.95. The van der Waals surface area contributed by atoms with E-state index < -0.39 is 11.7 Å². The van der Waals surface area contributed by atoms with Gasteiger partial charge in [-0.2, -0.15) is 5.10 Å². The van der Waals surface area contributed by atoms with Crippen molar-refractivity contribution in [2.45, 2.75) is 56.7 Å². The molecule has 3 heterocycles. The van der Waals surface area contributed by atoms with Crippen LogP contribution >= 0.6 is 0 Å². The summed E-state index contributed by atoms with van der Waals surface area (Å²) < 4.78 is 6.36.